The molecule has 0 fully saturated rings. The van der Waals surface area contributed by atoms with Gasteiger partial charge in [0.1, 0.15) is 0 Å². The number of likely N-dealkylation sites (N-methyl/N-ethyl adjacent to an activating group) is 1. The van der Waals surface area contributed by atoms with Crippen molar-refractivity contribution in [3.05, 3.63) is 30.1 Å². The molecule has 0 aliphatic rings. The Morgan fingerprint density at radius 2 is 1.89 bits per heavy atom. The zero-order chi connectivity index (χ0) is 13.8. The number of unbranched alkanes of at least 4 members (excludes halogenated alkanes) is 5. The number of hydrogen-bond donors (Lipinski definition) is 1. The summed E-state index contributed by atoms with van der Waals surface area (Å²) in [6.45, 7) is 5.52. The Labute approximate surface area is 119 Å². The standard InChI is InChI=1S/C17H30N2/c1-3-5-6-7-8-9-12-17(19-4-2)14-16-11-10-13-18-15-16/h10-11,13,15,17,19H,3-9,12,14H2,1-2H3. The molecule has 0 aromatic carbocycles. The molecule has 0 saturated carbocycles. The number of rotatable bonds is 11. The van der Waals surface area contributed by atoms with Crippen LogP contribution in [0.2, 0.25) is 0 Å². The fourth-order valence-electron chi connectivity index (χ4n) is 2.54. The van der Waals surface area contributed by atoms with E-state index in [0.29, 0.717) is 6.04 Å². The molecule has 1 heterocycles. The Kier molecular flexibility index (Phi) is 9.34. The molecule has 2 heteroatoms. The smallest absolute Gasteiger partial charge is 0.0300 e. The number of hydrogen-bond acceptors (Lipinski definition) is 2. The predicted molar refractivity (Wildman–Crippen MR) is 83.4 cm³/mol. The third-order valence-electron chi connectivity index (χ3n) is 3.60. The first-order valence-electron chi connectivity index (χ1n) is 7.99. The zero-order valence-electron chi connectivity index (χ0n) is 12.7. The summed E-state index contributed by atoms with van der Waals surface area (Å²) in [5.41, 5.74) is 1.35. The number of aromatic nitrogens is 1. The molecule has 1 rings (SSSR count). The summed E-state index contributed by atoms with van der Waals surface area (Å²) in [7, 11) is 0. The monoisotopic (exact) mass is 262 g/mol. The number of nitrogens with one attached hydrogen (secondary N) is 1. The average molecular weight is 262 g/mol. The van der Waals surface area contributed by atoms with Crippen LogP contribution >= 0.6 is 0 Å². The fourth-order valence-corrected chi connectivity index (χ4v) is 2.54. The van der Waals surface area contributed by atoms with Crippen LogP contribution in [0.4, 0.5) is 0 Å². The van der Waals surface area contributed by atoms with E-state index in [1.807, 2.05) is 18.5 Å². The van der Waals surface area contributed by atoms with Crippen LogP contribution in [0.1, 0.15) is 64.4 Å². The summed E-state index contributed by atoms with van der Waals surface area (Å²) in [5.74, 6) is 0. The van der Waals surface area contributed by atoms with Gasteiger partial charge in [0.15, 0.2) is 0 Å². The van der Waals surface area contributed by atoms with Crippen LogP contribution < -0.4 is 5.32 Å². The topological polar surface area (TPSA) is 24.9 Å². The van der Waals surface area contributed by atoms with E-state index < -0.39 is 0 Å². The summed E-state index contributed by atoms with van der Waals surface area (Å²) in [6, 6.07) is 4.82. The first-order valence-corrected chi connectivity index (χ1v) is 7.99. The van der Waals surface area contributed by atoms with Crippen LogP contribution in [0.3, 0.4) is 0 Å². The third-order valence-corrected chi connectivity index (χ3v) is 3.60. The predicted octanol–water partition coefficient (Wildman–Crippen LogP) is 4.35. The van der Waals surface area contributed by atoms with Gasteiger partial charge in [0.05, 0.1) is 0 Å². The third kappa shape index (κ3) is 7.99. The highest BCUT2D eigenvalue weighted by Gasteiger charge is 2.08. The summed E-state index contributed by atoms with van der Waals surface area (Å²) in [5, 5.41) is 3.61. The first-order chi connectivity index (χ1) is 9.36. The lowest BCUT2D eigenvalue weighted by atomic mass is 10.0. The molecule has 0 spiro atoms. The lowest BCUT2D eigenvalue weighted by molar-refractivity contribution is 0.459. The van der Waals surface area contributed by atoms with Crippen molar-refractivity contribution in [2.75, 3.05) is 6.54 Å². The van der Waals surface area contributed by atoms with Gasteiger partial charge in [-0.3, -0.25) is 4.98 Å². The van der Waals surface area contributed by atoms with Gasteiger partial charge >= 0.3 is 0 Å². The molecule has 1 aromatic heterocycles. The lowest BCUT2D eigenvalue weighted by Crippen LogP contribution is -2.30. The Balaban J connectivity index is 2.21. The molecule has 0 bridgehead atoms. The molecular weight excluding hydrogens is 232 g/mol. The molecule has 1 atom stereocenters. The summed E-state index contributed by atoms with van der Waals surface area (Å²) >= 11 is 0. The Hall–Kier alpha value is -0.890. The second-order valence-electron chi connectivity index (χ2n) is 5.38. The second-order valence-corrected chi connectivity index (χ2v) is 5.38. The summed E-state index contributed by atoms with van der Waals surface area (Å²) in [4.78, 5) is 4.20. The van der Waals surface area contributed by atoms with Crippen molar-refractivity contribution in [3.63, 3.8) is 0 Å². The largest absolute Gasteiger partial charge is 0.314 e. The Bertz CT molecular complexity index is 297. The van der Waals surface area contributed by atoms with Crippen molar-refractivity contribution in [3.8, 4) is 0 Å². The van der Waals surface area contributed by atoms with E-state index in [-0.39, 0.29) is 0 Å². The maximum absolute atomic E-state index is 4.20. The van der Waals surface area contributed by atoms with Crippen LogP contribution in [0, 0.1) is 0 Å². The van der Waals surface area contributed by atoms with Gasteiger partial charge in [0.25, 0.3) is 0 Å². The SMILES string of the molecule is CCCCCCCCC(Cc1cccnc1)NCC. The maximum atomic E-state index is 4.20. The first kappa shape index (κ1) is 16.2. The van der Waals surface area contributed by atoms with Crippen molar-refractivity contribution in [2.24, 2.45) is 0 Å². The minimum Gasteiger partial charge on any atom is -0.314 e. The van der Waals surface area contributed by atoms with E-state index in [2.05, 4.69) is 30.2 Å². The average Bonchev–Trinajstić information content (AvgIpc) is 2.44. The van der Waals surface area contributed by atoms with Crippen LogP contribution in [0.15, 0.2) is 24.5 Å². The van der Waals surface area contributed by atoms with E-state index in [4.69, 9.17) is 0 Å². The van der Waals surface area contributed by atoms with Crippen LogP contribution in [0.25, 0.3) is 0 Å². The van der Waals surface area contributed by atoms with Crippen molar-refractivity contribution in [1.82, 2.24) is 10.3 Å². The molecule has 1 unspecified atom stereocenters. The molecule has 0 saturated heterocycles. The second kappa shape index (κ2) is 11.0. The van der Waals surface area contributed by atoms with Crippen LogP contribution in [-0.4, -0.2) is 17.6 Å². The fraction of sp³-hybridized carbons (Fsp3) is 0.706. The molecule has 1 aromatic rings. The zero-order valence-corrected chi connectivity index (χ0v) is 12.7. The molecule has 19 heavy (non-hydrogen) atoms. The van der Waals surface area contributed by atoms with Gasteiger partial charge in [-0.1, -0.05) is 58.4 Å². The minimum absolute atomic E-state index is 0.611. The molecule has 0 amide bonds. The summed E-state index contributed by atoms with van der Waals surface area (Å²) in [6.07, 6.45) is 14.5. The highest BCUT2D eigenvalue weighted by atomic mass is 14.9. The van der Waals surface area contributed by atoms with Gasteiger partial charge in [-0.2, -0.15) is 0 Å². The van der Waals surface area contributed by atoms with Gasteiger partial charge in [-0.05, 0) is 31.0 Å². The van der Waals surface area contributed by atoms with Crippen molar-refractivity contribution in [1.29, 1.82) is 0 Å². The highest BCUT2D eigenvalue weighted by molar-refractivity contribution is 5.10. The van der Waals surface area contributed by atoms with E-state index in [1.165, 1.54) is 50.5 Å². The van der Waals surface area contributed by atoms with Gasteiger partial charge in [-0.25, -0.2) is 0 Å². The van der Waals surface area contributed by atoms with Gasteiger partial charge < -0.3 is 5.32 Å². The van der Waals surface area contributed by atoms with Crippen LogP contribution in [0.5, 0.6) is 0 Å². The molecule has 2 nitrogen and oxygen atoms in total. The molecule has 0 radical (unpaired) electrons. The van der Waals surface area contributed by atoms with Gasteiger partial charge in [0.2, 0.25) is 0 Å². The number of nitrogens with zero attached hydrogens (tertiary/aromatic N) is 1. The van der Waals surface area contributed by atoms with E-state index in [9.17, 15) is 0 Å². The van der Waals surface area contributed by atoms with E-state index in [1.54, 1.807) is 0 Å². The highest BCUT2D eigenvalue weighted by Crippen LogP contribution is 2.11. The molecule has 1 N–H and O–H groups in total. The molecule has 0 aliphatic carbocycles. The normalized spacial score (nSPS) is 12.5. The maximum Gasteiger partial charge on any atom is 0.0300 e. The van der Waals surface area contributed by atoms with Crippen molar-refractivity contribution in [2.45, 2.75) is 71.3 Å². The number of pyridine rings is 1. The molecule has 108 valence electrons. The van der Waals surface area contributed by atoms with Gasteiger partial charge in [0, 0.05) is 18.4 Å². The lowest BCUT2D eigenvalue weighted by Gasteiger charge is -2.17. The van der Waals surface area contributed by atoms with Crippen molar-refractivity contribution < 1.29 is 0 Å². The van der Waals surface area contributed by atoms with E-state index >= 15 is 0 Å². The molecule has 0 aliphatic heterocycles. The van der Waals surface area contributed by atoms with Crippen LogP contribution in [-0.2, 0) is 6.42 Å². The summed E-state index contributed by atoms with van der Waals surface area (Å²) < 4.78 is 0. The molecular formula is C17H30N2. The minimum atomic E-state index is 0.611. The van der Waals surface area contributed by atoms with E-state index in [0.717, 1.165) is 13.0 Å². The Morgan fingerprint density at radius 3 is 2.58 bits per heavy atom. The van der Waals surface area contributed by atoms with Gasteiger partial charge in [-0.15, -0.1) is 0 Å². The van der Waals surface area contributed by atoms with Crippen molar-refractivity contribution >= 4 is 0 Å². The quantitative estimate of drug-likeness (QED) is 0.600. The Morgan fingerprint density at radius 1 is 1.11 bits per heavy atom.